The fraction of sp³-hybridized carbons (Fsp3) is 0.500. The molecule has 0 fully saturated rings. The minimum atomic E-state index is -0.682. The first-order valence-corrected chi connectivity index (χ1v) is 5.87. The summed E-state index contributed by atoms with van der Waals surface area (Å²) in [6.07, 6.45) is 0. The number of methoxy groups -OCH3 is 2. The fourth-order valence-corrected chi connectivity index (χ4v) is 2.19. The highest BCUT2D eigenvalue weighted by molar-refractivity contribution is 5.77. The molecule has 0 radical (unpaired) electrons. The van der Waals surface area contributed by atoms with Crippen molar-refractivity contribution in [2.75, 3.05) is 21.3 Å². The monoisotopic (exact) mass is 251 g/mol. The molecule has 0 bridgehead atoms. The smallest absolute Gasteiger partial charge is 0.313 e. The van der Waals surface area contributed by atoms with E-state index in [1.54, 1.807) is 7.11 Å². The number of carbonyl (C=O) groups is 1. The lowest BCUT2D eigenvalue weighted by molar-refractivity contribution is -0.152. The van der Waals surface area contributed by atoms with Gasteiger partial charge in [0.25, 0.3) is 0 Å². The summed E-state index contributed by atoms with van der Waals surface area (Å²) < 4.78 is 10.2. The van der Waals surface area contributed by atoms with Gasteiger partial charge in [0, 0.05) is 5.56 Å². The Morgan fingerprint density at radius 3 is 2.39 bits per heavy atom. The van der Waals surface area contributed by atoms with Crippen molar-refractivity contribution >= 4 is 5.97 Å². The number of para-hydroxylation sites is 1. The zero-order valence-electron chi connectivity index (χ0n) is 11.6. The van der Waals surface area contributed by atoms with Crippen LogP contribution in [-0.2, 0) is 9.53 Å². The largest absolute Gasteiger partial charge is 0.496 e. The van der Waals surface area contributed by atoms with E-state index < -0.39 is 5.41 Å². The number of nitrogens with one attached hydrogen (secondary N) is 1. The van der Waals surface area contributed by atoms with Gasteiger partial charge in [0.1, 0.15) is 5.75 Å². The van der Waals surface area contributed by atoms with Crippen LogP contribution in [0.5, 0.6) is 5.75 Å². The van der Waals surface area contributed by atoms with E-state index in [1.165, 1.54) is 7.11 Å². The third-order valence-electron chi connectivity index (χ3n) is 3.17. The highest BCUT2D eigenvalue weighted by Crippen LogP contribution is 2.38. The molecule has 4 nitrogen and oxygen atoms in total. The Balaban J connectivity index is 3.21. The number of hydrogen-bond acceptors (Lipinski definition) is 4. The highest BCUT2D eigenvalue weighted by Gasteiger charge is 2.39. The quantitative estimate of drug-likeness (QED) is 0.815. The van der Waals surface area contributed by atoms with Crippen molar-refractivity contribution in [2.45, 2.75) is 19.9 Å². The van der Waals surface area contributed by atoms with E-state index in [0.717, 1.165) is 11.3 Å². The van der Waals surface area contributed by atoms with Gasteiger partial charge >= 0.3 is 5.97 Å². The Hall–Kier alpha value is -1.55. The summed E-state index contributed by atoms with van der Waals surface area (Å²) in [7, 11) is 4.84. The Morgan fingerprint density at radius 2 is 1.89 bits per heavy atom. The molecule has 1 atom stereocenters. The number of ether oxygens (including phenoxy) is 2. The molecule has 1 aromatic carbocycles. The maximum absolute atomic E-state index is 11.9. The maximum Gasteiger partial charge on any atom is 0.313 e. The van der Waals surface area contributed by atoms with Crippen molar-refractivity contribution < 1.29 is 14.3 Å². The van der Waals surface area contributed by atoms with Crippen LogP contribution in [-0.4, -0.2) is 27.2 Å². The molecule has 0 spiro atoms. The Labute approximate surface area is 108 Å². The van der Waals surface area contributed by atoms with Crippen molar-refractivity contribution in [1.82, 2.24) is 5.32 Å². The van der Waals surface area contributed by atoms with Crippen molar-refractivity contribution in [3.05, 3.63) is 29.8 Å². The summed E-state index contributed by atoms with van der Waals surface area (Å²) in [5, 5.41) is 3.17. The number of hydrogen-bond donors (Lipinski definition) is 1. The Morgan fingerprint density at radius 1 is 1.28 bits per heavy atom. The minimum Gasteiger partial charge on any atom is -0.496 e. The third kappa shape index (κ3) is 2.64. The van der Waals surface area contributed by atoms with Crippen molar-refractivity contribution in [3.8, 4) is 5.75 Å². The third-order valence-corrected chi connectivity index (χ3v) is 3.17. The molecule has 1 unspecified atom stereocenters. The van der Waals surface area contributed by atoms with Crippen LogP contribution in [0.4, 0.5) is 0 Å². The lowest BCUT2D eigenvalue weighted by Gasteiger charge is -2.32. The van der Waals surface area contributed by atoms with Gasteiger partial charge in [0.05, 0.1) is 25.7 Å². The molecule has 0 saturated heterocycles. The van der Waals surface area contributed by atoms with E-state index in [0.29, 0.717) is 0 Å². The number of rotatable bonds is 5. The van der Waals surface area contributed by atoms with E-state index in [-0.39, 0.29) is 12.0 Å². The molecule has 0 aliphatic rings. The van der Waals surface area contributed by atoms with Crippen LogP contribution in [0.1, 0.15) is 25.5 Å². The summed E-state index contributed by atoms with van der Waals surface area (Å²) >= 11 is 0. The second-order valence-corrected chi connectivity index (χ2v) is 4.68. The molecule has 0 saturated carbocycles. The SMILES string of the molecule is CNC(c1ccccc1OC)C(C)(C)C(=O)OC. The van der Waals surface area contributed by atoms with Gasteiger partial charge in [0.2, 0.25) is 0 Å². The van der Waals surface area contributed by atoms with Gasteiger partial charge < -0.3 is 14.8 Å². The summed E-state index contributed by atoms with van der Waals surface area (Å²) in [5.41, 5.74) is 0.260. The normalized spacial score (nSPS) is 12.9. The molecule has 1 N–H and O–H groups in total. The van der Waals surface area contributed by atoms with Crippen LogP contribution >= 0.6 is 0 Å². The van der Waals surface area contributed by atoms with Crippen molar-refractivity contribution in [2.24, 2.45) is 5.41 Å². The van der Waals surface area contributed by atoms with Crippen LogP contribution in [0.2, 0.25) is 0 Å². The molecule has 18 heavy (non-hydrogen) atoms. The molecule has 0 amide bonds. The van der Waals surface area contributed by atoms with E-state index in [9.17, 15) is 4.79 Å². The standard InChI is InChI=1S/C14H21NO3/c1-14(2,13(16)18-5)12(15-3)10-8-6-7-9-11(10)17-4/h6-9,12,15H,1-5H3. The van der Waals surface area contributed by atoms with Gasteiger partial charge in [-0.15, -0.1) is 0 Å². The van der Waals surface area contributed by atoms with Crippen LogP contribution in [0.25, 0.3) is 0 Å². The van der Waals surface area contributed by atoms with Crippen LogP contribution in [0.15, 0.2) is 24.3 Å². The lowest BCUT2D eigenvalue weighted by Crippen LogP contribution is -2.39. The molecule has 0 heterocycles. The highest BCUT2D eigenvalue weighted by atomic mass is 16.5. The van der Waals surface area contributed by atoms with Gasteiger partial charge in [-0.2, -0.15) is 0 Å². The first kappa shape index (κ1) is 14.5. The first-order chi connectivity index (χ1) is 8.48. The average molecular weight is 251 g/mol. The molecule has 1 aromatic rings. The second-order valence-electron chi connectivity index (χ2n) is 4.68. The molecule has 100 valence electrons. The minimum absolute atomic E-state index is 0.180. The molecular weight excluding hydrogens is 230 g/mol. The van der Waals surface area contributed by atoms with E-state index in [2.05, 4.69) is 5.32 Å². The molecule has 0 aromatic heterocycles. The van der Waals surface area contributed by atoms with Crippen LogP contribution in [0, 0.1) is 5.41 Å². The topological polar surface area (TPSA) is 47.6 Å². The van der Waals surface area contributed by atoms with Gasteiger partial charge in [-0.1, -0.05) is 18.2 Å². The maximum atomic E-state index is 11.9. The summed E-state index contributed by atoms with van der Waals surface area (Å²) in [6.45, 7) is 3.71. The fourth-order valence-electron chi connectivity index (χ4n) is 2.19. The average Bonchev–Trinajstić information content (AvgIpc) is 2.38. The number of carbonyl (C=O) groups excluding carboxylic acids is 1. The van der Waals surface area contributed by atoms with E-state index >= 15 is 0 Å². The van der Waals surface area contributed by atoms with Crippen molar-refractivity contribution in [1.29, 1.82) is 0 Å². The number of benzene rings is 1. The van der Waals surface area contributed by atoms with Crippen LogP contribution < -0.4 is 10.1 Å². The van der Waals surface area contributed by atoms with Gasteiger partial charge in [-0.3, -0.25) is 4.79 Å². The summed E-state index contributed by atoms with van der Waals surface area (Å²) in [4.78, 5) is 11.9. The second kappa shape index (κ2) is 5.87. The zero-order chi connectivity index (χ0) is 13.8. The predicted molar refractivity (Wildman–Crippen MR) is 70.6 cm³/mol. The molecule has 0 aliphatic carbocycles. The Kier molecular flexibility index (Phi) is 4.73. The molecular formula is C14H21NO3. The van der Waals surface area contributed by atoms with Gasteiger partial charge in [-0.05, 0) is 27.0 Å². The van der Waals surface area contributed by atoms with Crippen molar-refractivity contribution in [3.63, 3.8) is 0 Å². The lowest BCUT2D eigenvalue weighted by atomic mass is 9.80. The summed E-state index contributed by atoms with van der Waals surface area (Å²) in [6, 6.07) is 7.48. The zero-order valence-corrected chi connectivity index (χ0v) is 11.6. The van der Waals surface area contributed by atoms with Gasteiger partial charge in [0.15, 0.2) is 0 Å². The first-order valence-electron chi connectivity index (χ1n) is 5.87. The van der Waals surface area contributed by atoms with E-state index in [1.807, 2.05) is 45.2 Å². The molecule has 1 rings (SSSR count). The van der Waals surface area contributed by atoms with Crippen LogP contribution in [0.3, 0.4) is 0 Å². The predicted octanol–water partition coefficient (Wildman–Crippen LogP) is 2.15. The molecule has 0 aliphatic heterocycles. The van der Waals surface area contributed by atoms with Gasteiger partial charge in [-0.25, -0.2) is 0 Å². The van der Waals surface area contributed by atoms with E-state index in [4.69, 9.17) is 9.47 Å². The summed E-state index contributed by atoms with van der Waals surface area (Å²) in [5.74, 6) is 0.501. The Bertz CT molecular complexity index is 415. The number of esters is 1. The molecule has 4 heteroatoms.